The Morgan fingerprint density at radius 2 is 1.57 bits per heavy atom. The van der Waals surface area contributed by atoms with E-state index in [0.717, 1.165) is 10.5 Å². The van der Waals surface area contributed by atoms with Crippen molar-refractivity contribution < 1.29 is 23.4 Å². The molecule has 0 fully saturated rings. The van der Waals surface area contributed by atoms with Crippen LogP contribution in [0.2, 0.25) is 0 Å². The third kappa shape index (κ3) is 7.82. The van der Waals surface area contributed by atoms with Crippen LogP contribution in [0.4, 0.5) is 0 Å². The molecule has 7 nitrogen and oxygen atoms in total. The summed E-state index contributed by atoms with van der Waals surface area (Å²) in [5.41, 5.74) is 0.948. The molecule has 0 saturated carbocycles. The lowest BCUT2D eigenvalue weighted by Gasteiger charge is -2.31. The van der Waals surface area contributed by atoms with Crippen molar-refractivity contribution in [2.24, 2.45) is 5.92 Å². The minimum atomic E-state index is -3.90. The Balaban J connectivity index is 1.89. The SMILES string of the molecule is CSc1ccc(S(=O)(=O)N(CC(C)C)C[C@@H](O)[C@H](Cc2ccccc2)NC(=O)c2ccccc2O)cc1. The van der Waals surface area contributed by atoms with E-state index in [4.69, 9.17) is 0 Å². The lowest BCUT2D eigenvalue weighted by molar-refractivity contribution is 0.0773. The predicted octanol–water partition coefficient (Wildman–Crippen LogP) is 4.16. The van der Waals surface area contributed by atoms with Crippen molar-refractivity contribution in [3.8, 4) is 5.75 Å². The number of aliphatic hydroxyl groups excluding tert-OH is 1. The maximum atomic E-state index is 13.6. The highest BCUT2D eigenvalue weighted by Crippen LogP contribution is 2.23. The molecular weight excluding hydrogens is 508 g/mol. The van der Waals surface area contributed by atoms with Crippen LogP contribution in [0.3, 0.4) is 0 Å². The highest BCUT2D eigenvalue weighted by Gasteiger charge is 2.31. The number of amides is 1. The Bertz CT molecular complexity index is 1270. The number of aromatic hydroxyl groups is 1. The van der Waals surface area contributed by atoms with Crippen LogP contribution in [0.1, 0.15) is 29.8 Å². The van der Waals surface area contributed by atoms with Crippen LogP contribution < -0.4 is 5.32 Å². The maximum absolute atomic E-state index is 13.6. The van der Waals surface area contributed by atoms with Crippen LogP contribution in [0.15, 0.2) is 88.7 Å². The van der Waals surface area contributed by atoms with Gasteiger partial charge in [-0.3, -0.25) is 4.79 Å². The van der Waals surface area contributed by atoms with Crippen LogP contribution in [-0.4, -0.2) is 60.3 Å². The van der Waals surface area contributed by atoms with E-state index in [-0.39, 0.29) is 41.6 Å². The number of thioether (sulfide) groups is 1. The predicted molar refractivity (Wildman–Crippen MR) is 147 cm³/mol. The average Bonchev–Trinajstić information content (AvgIpc) is 2.88. The van der Waals surface area contributed by atoms with Crippen LogP contribution in [0, 0.1) is 5.92 Å². The van der Waals surface area contributed by atoms with Crippen molar-refractivity contribution in [1.82, 2.24) is 9.62 Å². The monoisotopic (exact) mass is 542 g/mol. The van der Waals surface area contributed by atoms with Gasteiger partial charge in [-0.05, 0) is 60.6 Å². The normalized spacial score (nSPS) is 13.5. The smallest absolute Gasteiger partial charge is 0.255 e. The Morgan fingerprint density at radius 1 is 0.946 bits per heavy atom. The third-order valence-corrected chi connectivity index (χ3v) is 8.47. The zero-order chi connectivity index (χ0) is 27.0. The fourth-order valence-electron chi connectivity index (χ4n) is 3.97. The molecule has 0 unspecified atom stereocenters. The average molecular weight is 543 g/mol. The topological polar surface area (TPSA) is 107 Å². The van der Waals surface area contributed by atoms with Gasteiger partial charge in [0.05, 0.1) is 22.6 Å². The Labute approximate surface area is 223 Å². The standard InChI is InChI=1S/C28H34N2O5S2/c1-20(2)18-30(37(34,35)23-15-13-22(36-3)14-16-23)19-27(32)25(17-21-9-5-4-6-10-21)29-28(33)24-11-7-8-12-26(24)31/h4-16,20,25,27,31-32H,17-19H2,1-3H3,(H,29,33)/t25-,27+/m0/s1. The van der Waals surface area contributed by atoms with Crippen LogP contribution in [0.5, 0.6) is 5.75 Å². The van der Waals surface area contributed by atoms with E-state index in [2.05, 4.69) is 5.32 Å². The first-order chi connectivity index (χ1) is 17.6. The number of benzene rings is 3. The number of aliphatic hydroxyl groups is 1. The van der Waals surface area contributed by atoms with Crippen LogP contribution in [-0.2, 0) is 16.4 Å². The lowest BCUT2D eigenvalue weighted by atomic mass is 10.00. The zero-order valence-corrected chi connectivity index (χ0v) is 22.9. The molecule has 0 spiro atoms. The Kier molecular flexibility index (Phi) is 10.2. The molecule has 37 heavy (non-hydrogen) atoms. The second kappa shape index (κ2) is 13.1. The molecule has 3 rings (SSSR count). The number of phenolic OH excluding ortho intramolecular Hbond substituents is 1. The minimum Gasteiger partial charge on any atom is -0.507 e. The summed E-state index contributed by atoms with van der Waals surface area (Å²) in [6.45, 7) is 3.82. The number of phenols is 1. The summed E-state index contributed by atoms with van der Waals surface area (Å²) in [7, 11) is -3.90. The Morgan fingerprint density at radius 3 is 2.16 bits per heavy atom. The van der Waals surface area contributed by atoms with Gasteiger partial charge in [0.1, 0.15) is 5.75 Å². The molecule has 2 atom stereocenters. The number of hydrogen-bond acceptors (Lipinski definition) is 6. The highest BCUT2D eigenvalue weighted by atomic mass is 32.2. The number of nitrogens with zero attached hydrogens (tertiary/aromatic N) is 1. The number of rotatable bonds is 12. The molecule has 0 heterocycles. The molecule has 3 aromatic rings. The van der Waals surface area contributed by atoms with Gasteiger partial charge >= 0.3 is 0 Å². The summed E-state index contributed by atoms with van der Waals surface area (Å²) in [6, 6.07) is 21.3. The van der Waals surface area contributed by atoms with Gasteiger partial charge in [-0.15, -0.1) is 11.8 Å². The number of carbonyl (C=O) groups excluding carboxylic acids is 1. The second-order valence-corrected chi connectivity index (χ2v) is 12.1. The van der Waals surface area contributed by atoms with Gasteiger partial charge in [-0.1, -0.05) is 56.3 Å². The van der Waals surface area contributed by atoms with E-state index in [1.165, 1.54) is 28.2 Å². The largest absolute Gasteiger partial charge is 0.507 e. The summed E-state index contributed by atoms with van der Waals surface area (Å²) in [5.74, 6) is -0.717. The van der Waals surface area contributed by atoms with Crippen molar-refractivity contribution >= 4 is 27.7 Å². The van der Waals surface area contributed by atoms with Crippen LogP contribution >= 0.6 is 11.8 Å². The number of nitrogens with one attached hydrogen (secondary N) is 1. The van der Waals surface area contributed by atoms with Gasteiger partial charge < -0.3 is 15.5 Å². The molecule has 0 aromatic heterocycles. The van der Waals surface area contributed by atoms with Crippen LogP contribution in [0.25, 0.3) is 0 Å². The van der Waals surface area contributed by atoms with Gasteiger partial charge in [0.15, 0.2) is 0 Å². The van der Waals surface area contributed by atoms with Gasteiger partial charge in [0.25, 0.3) is 5.91 Å². The molecule has 0 aliphatic rings. The molecule has 0 aliphatic carbocycles. The highest BCUT2D eigenvalue weighted by molar-refractivity contribution is 7.98. The second-order valence-electron chi connectivity index (χ2n) is 9.25. The number of sulfonamides is 1. The fraction of sp³-hybridized carbons (Fsp3) is 0.321. The van der Waals surface area contributed by atoms with E-state index in [0.29, 0.717) is 0 Å². The summed E-state index contributed by atoms with van der Waals surface area (Å²) >= 11 is 1.52. The third-order valence-electron chi connectivity index (χ3n) is 5.88. The van der Waals surface area contributed by atoms with Crippen molar-refractivity contribution in [1.29, 1.82) is 0 Å². The zero-order valence-electron chi connectivity index (χ0n) is 21.2. The fourth-order valence-corrected chi connectivity index (χ4v) is 6.00. The summed E-state index contributed by atoms with van der Waals surface area (Å²) < 4.78 is 28.4. The maximum Gasteiger partial charge on any atom is 0.255 e. The van der Waals surface area contributed by atoms with Gasteiger partial charge in [-0.25, -0.2) is 8.42 Å². The lowest BCUT2D eigenvalue weighted by Crippen LogP contribution is -2.51. The summed E-state index contributed by atoms with van der Waals surface area (Å²) in [4.78, 5) is 14.1. The van der Waals surface area contributed by atoms with Gasteiger partial charge in [0.2, 0.25) is 10.0 Å². The molecule has 9 heteroatoms. The minimum absolute atomic E-state index is 0.0101. The number of carbonyl (C=O) groups is 1. The van der Waals surface area contributed by atoms with E-state index < -0.39 is 28.1 Å². The molecule has 198 valence electrons. The molecule has 1 amide bonds. The first kappa shape index (κ1) is 28.7. The van der Waals surface area contributed by atoms with Crippen molar-refractivity contribution in [3.05, 3.63) is 90.0 Å². The first-order valence-corrected chi connectivity index (χ1v) is 14.7. The summed E-state index contributed by atoms with van der Waals surface area (Å²) in [6.07, 6.45) is 0.981. The van der Waals surface area contributed by atoms with E-state index in [1.807, 2.05) is 50.4 Å². The van der Waals surface area contributed by atoms with Gasteiger partial charge in [-0.2, -0.15) is 4.31 Å². The molecule has 0 radical (unpaired) electrons. The number of hydrogen-bond donors (Lipinski definition) is 3. The van der Waals surface area contributed by atoms with E-state index in [1.54, 1.807) is 36.4 Å². The summed E-state index contributed by atoms with van der Waals surface area (Å²) in [5, 5.41) is 24.3. The van der Waals surface area contributed by atoms with Gasteiger partial charge in [0, 0.05) is 18.0 Å². The van der Waals surface area contributed by atoms with Crippen molar-refractivity contribution in [3.63, 3.8) is 0 Å². The number of para-hydroxylation sites is 1. The molecule has 0 aliphatic heterocycles. The first-order valence-electron chi connectivity index (χ1n) is 12.1. The van der Waals surface area contributed by atoms with E-state index in [9.17, 15) is 23.4 Å². The molecule has 3 aromatic carbocycles. The molecular formula is C28H34N2O5S2. The van der Waals surface area contributed by atoms with Crippen molar-refractivity contribution in [2.45, 2.75) is 42.2 Å². The Hall–Kier alpha value is -2.85. The molecule has 0 bridgehead atoms. The quantitative estimate of drug-likeness (QED) is 0.297. The van der Waals surface area contributed by atoms with Crippen molar-refractivity contribution in [2.75, 3.05) is 19.3 Å². The molecule has 0 saturated heterocycles. The van der Waals surface area contributed by atoms with E-state index >= 15 is 0 Å². The molecule has 3 N–H and O–H groups in total.